The molecule has 2 rings (SSSR count). The summed E-state index contributed by atoms with van der Waals surface area (Å²) in [5.41, 5.74) is 3.17. The predicted molar refractivity (Wildman–Crippen MR) is 66.0 cm³/mol. The van der Waals surface area contributed by atoms with Crippen molar-refractivity contribution in [2.75, 3.05) is 0 Å². The zero-order valence-electron chi connectivity index (χ0n) is 8.77. The van der Waals surface area contributed by atoms with Gasteiger partial charge in [-0.3, -0.25) is 0 Å². The van der Waals surface area contributed by atoms with E-state index in [4.69, 9.17) is 0 Å². The summed E-state index contributed by atoms with van der Waals surface area (Å²) in [5.74, 6) is 0. The molecule has 0 aliphatic rings. The SMILES string of the molecule is CC(C)=Nc1nc(-c2ccccc2)cs1. The van der Waals surface area contributed by atoms with Crippen molar-refractivity contribution in [1.29, 1.82) is 0 Å². The van der Waals surface area contributed by atoms with Crippen molar-refractivity contribution in [2.24, 2.45) is 4.99 Å². The Balaban J connectivity index is 2.32. The lowest BCUT2D eigenvalue weighted by molar-refractivity contribution is 1.34. The molecule has 0 N–H and O–H groups in total. The molecule has 0 unspecified atom stereocenters. The standard InChI is InChI=1S/C12H12N2S/c1-9(2)13-12-14-11(8-15-12)10-6-4-3-5-7-10/h3-8H,1-2H3. The molecule has 0 radical (unpaired) electrons. The van der Waals surface area contributed by atoms with Crippen LogP contribution in [0.2, 0.25) is 0 Å². The van der Waals surface area contributed by atoms with Crippen LogP contribution in [0.3, 0.4) is 0 Å². The summed E-state index contributed by atoms with van der Waals surface area (Å²) in [6.07, 6.45) is 0. The molecule has 1 aromatic heterocycles. The van der Waals surface area contributed by atoms with E-state index in [-0.39, 0.29) is 0 Å². The topological polar surface area (TPSA) is 25.2 Å². The average molecular weight is 216 g/mol. The van der Waals surface area contributed by atoms with Gasteiger partial charge in [0.2, 0.25) is 5.13 Å². The van der Waals surface area contributed by atoms with Gasteiger partial charge in [0, 0.05) is 16.7 Å². The number of hydrogen-bond acceptors (Lipinski definition) is 3. The number of nitrogens with zero attached hydrogens (tertiary/aromatic N) is 2. The van der Waals surface area contributed by atoms with Crippen LogP contribution in [-0.2, 0) is 0 Å². The molecule has 0 amide bonds. The van der Waals surface area contributed by atoms with E-state index in [1.165, 1.54) is 0 Å². The van der Waals surface area contributed by atoms with E-state index in [1.807, 2.05) is 37.4 Å². The molecule has 0 bridgehead atoms. The van der Waals surface area contributed by atoms with Gasteiger partial charge in [0.1, 0.15) is 0 Å². The third kappa shape index (κ3) is 2.50. The van der Waals surface area contributed by atoms with Gasteiger partial charge in [-0.1, -0.05) is 30.3 Å². The van der Waals surface area contributed by atoms with E-state index in [9.17, 15) is 0 Å². The molecular weight excluding hydrogens is 204 g/mol. The van der Waals surface area contributed by atoms with Crippen molar-refractivity contribution in [3.63, 3.8) is 0 Å². The smallest absolute Gasteiger partial charge is 0.209 e. The van der Waals surface area contributed by atoms with Gasteiger partial charge in [-0.2, -0.15) is 0 Å². The number of benzene rings is 1. The summed E-state index contributed by atoms with van der Waals surface area (Å²) in [7, 11) is 0. The third-order valence-corrected chi connectivity index (χ3v) is 2.62. The zero-order chi connectivity index (χ0) is 10.7. The summed E-state index contributed by atoms with van der Waals surface area (Å²) in [6.45, 7) is 3.95. The van der Waals surface area contributed by atoms with E-state index < -0.39 is 0 Å². The lowest BCUT2D eigenvalue weighted by atomic mass is 10.2. The first-order valence-corrected chi connectivity index (χ1v) is 5.66. The van der Waals surface area contributed by atoms with Crippen molar-refractivity contribution >= 4 is 22.2 Å². The normalized spacial score (nSPS) is 10.0. The van der Waals surface area contributed by atoms with E-state index in [0.29, 0.717) is 0 Å². The first-order chi connectivity index (χ1) is 7.25. The van der Waals surface area contributed by atoms with Crippen LogP contribution < -0.4 is 0 Å². The quantitative estimate of drug-likeness (QED) is 0.698. The molecule has 2 aromatic rings. The van der Waals surface area contributed by atoms with Gasteiger partial charge in [0.15, 0.2) is 0 Å². The molecule has 0 fully saturated rings. The Bertz CT molecular complexity index is 467. The summed E-state index contributed by atoms with van der Waals surface area (Å²) >= 11 is 1.57. The fourth-order valence-corrected chi connectivity index (χ4v) is 2.04. The molecule has 2 nitrogen and oxygen atoms in total. The van der Waals surface area contributed by atoms with Crippen LogP contribution in [0.4, 0.5) is 5.13 Å². The molecule has 1 heterocycles. The Kier molecular flexibility index (Phi) is 2.92. The molecule has 0 atom stereocenters. The van der Waals surface area contributed by atoms with Gasteiger partial charge in [0.25, 0.3) is 0 Å². The molecule has 3 heteroatoms. The highest BCUT2D eigenvalue weighted by molar-refractivity contribution is 7.13. The monoisotopic (exact) mass is 216 g/mol. The second-order valence-electron chi connectivity index (χ2n) is 3.44. The fourth-order valence-electron chi connectivity index (χ4n) is 1.25. The van der Waals surface area contributed by atoms with Gasteiger partial charge in [-0.15, -0.1) is 11.3 Å². The lowest BCUT2D eigenvalue weighted by Crippen LogP contribution is -1.78. The number of thiazole rings is 1. The van der Waals surface area contributed by atoms with Gasteiger partial charge < -0.3 is 0 Å². The molecule has 0 saturated carbocycles. The molecule has 0 spiro atoms. The Morgan fingerprint density at radius 1 is 1.20 bits per heavy atom. The van der Waals surface area contributed by atoms with Crippen molar-refractivity contribution < 1.29 is 0 Å². The minimum Gasteiger partial charge on any atom is -0.229 e. The first kappa shape index (κ1) is 10.1. The maximum atomic E-state index is 4.45. The maximum Gasteiger partial charge on any atom is 0.209 e. The Labute approximate surface area is 93.3 Å². The average Bonchev–Trinajstić information content (AvgIpc) is 2.67. The number of hydrogen-bond donors (Lipinski definition) is 0. The number of rotatable bonds is 2. The van der Waals surface area contributed by atoms with E-state index in [1.54, 1.807) is 11.3 Å². The molecule has 0 aliphatic carbocycles. The Hall–Kier alpha value is -1.48. The molecule has 1 aromatic carbocycles. The van der Waals surface area contributed by atoms with Crippen LogP contribution in [0.1, 0.15) is 13.8 Å². The fraction of sp³-hybridized carbons (Fsp3) is 0.167. The lowest BCUT2D eigenvalue weighted by Gasteiger charge is -1.93. The predicted octanol–water partition coefficient (Wildman–Crippen LogP) is 3.92. The van der Waals surface area contributed by atoms with E-state index >= 15 is 0 Å². The summed E-state index contributed by atoms with van der Waals surface area (Å²) < 4.78 is 0. The van der Waals surface area contributed by atoms with E-state index in [0.717, 1.165) is 22.1 Å². The van der Waals surface area contributed by atoms with Crippen molar-refractivity contribution in [3.05, 3.63) is 35.7 Å². The van der Waals surface area contributed by atoms with Crippen LogP contribution in [0.5, 0.6) is 0 Å². The zero-order valence-corrected chi connectivity index (χ0v) is 9.58. The van der Waals surface area contributed by atoms with E-state index in [2.05, 4.69) is 22.1 Å². The first-order valence-electron chi connectivity index (χ1n) is 4.78. The van der Waals surface area contributed by atoms with Crippen LogP contribution in [0, 0.1) is 0 Å². The van der Waals surface area contributed by atoms with Crippen LogP contribution >= 0.6 is 11.3 Å². The van der Waals surface area contributed by atoms with Crippen LogP contribution in [0.25, 0.3) is 11.3 Å². The van der Waals surface area contributed by atoms with Crippen molar-refractivity contribution in [3.8, 4) is 11.3 Å². The molecule has 0 saturated heterocycles. The van der Waals surface area contributed by atoms with Gasteiger partial charge in [-0.05, 0) is 13.8 Å². The minimum atomic E-state index is 0.828. The second kappa shape index (κ2) is 4.36. The summed E-state index contributed by atoms with van der Waals surface area (Å²) in [4.78, 5) is 8.78. The molecular formula is C12H12N2S. The maximum absolute atomic E-state index is 4.45. The summed E-state index contributed by atoms with van der Waals surface area (Å²) in [6, 6.07) is 10.2. The highest BCUT2D eigenvalue weighted by Crippen LogP contribution is 2.26. The Morgan fingerprint density at radius 2 is 1.93 bits per heavy atom. The second-order valence-corrected chi connectivity index (χ2v) is 4.28. The molecule has 15 heavy (non-hydrogen) atoms. The van der Waals surface area contributed by atoms with Gasteiger partial charge in [-0.25, -0.2) is 9.98 Å². The Morgan fingerprint density at radius 3 is 2.60 bits per heavy atom. The largest absolute Gasteiger partial charge is 0.229 e. The summed E-state index contributed by atoms with van der Waals surface area (Å²) in [5, 5.41) is 2.87. The molecule has 0 aliphatic heterocycles. The van der Waals surface area contributed by atoms with Crippen molar-refractivity contribution in [1.82, 2.24) is 4.98 Å². The third-order valence-electron chi connectivity index (χ3n) is 1.88. The van der Waals surface area contributed by atoms with Crippen molar-refractivity contribution in [2.45, 2.75) is 13.8 Å². The van der Waals surface area contributed by atoms with Gasteiger partial charge >= 0.3 is 0 Å². The number of aromatic nitrogens is 1. The molecule has 76 valence electrons. The minimum absolute atomic E-state index is 0.828. The highest BCUT2D eigenvalue weighted by atomic mass is 32.1. The van der Waals surface area contributed by atoms with Gasteiger partial charge in [0.05, 0.1) is 5.69 Å². The van der Waals surface area contributed by atoms with Crippen LogP contribution in [-0.4, -0.2) is 10.7 Å². The van der Waals surface area contributed by atoms with Crippen LogP contribution in [0.15, 0.2) is 40.7 Å². The highest BCUT2D eigenvalue weighted by Gasteiger charge is 2.02. The number of aliphatic imine (C=N–C) groups is 1.